The topological polar surface area (TPSA) is 30.9 Å². The third kappa shape index (κ3) is 3.26. The van der Waals surface area contributed by atoms with Crippen LogP contribution in [0.4, 0.5) is 0 Å². The minimum Gasteiger partial charge on any atom is -0.497 e. The summed E-state index contributed by atoms with van der Waals surface area (Å²) in [7, 11) is 5.08. The van der Waals surface area contributed by atoms with E-state index in [-0.39, 0.29) is 5.54 Å². The van der Waals surface area contributed by atoms with E-state index in [2.05, 4.69) is 36.1 Å². The molecule has 0 bridgehead atoms. The number of ether oxygens (including phenoxy) is 3. The second-order valence-corrected chi connectivity index (χ2v) is 7.95. The molecule has 0 amide bonds. The van der Waals surface area contributed by atoms with Crippen LogP contribution in [0.25, 0.3) is 11.1 Å². The molecule has 1 atom stereocenters. The first kappa shape index (κ1) is 18.9. The van der Waals surface area contributed by atoms with Gasteiger partial charge in [0.15, 0.2) is 11.5 Å². The first-order valence-electron chi connectivity index (χ1n) is 9.92. The third-order valence-electron chi connectivity index (χ3n) is 6.35. The summed E-state index contributed by atoms with van der Waals surface area (Å²) >= 11 is 0. The smallest absolute Gasteiger partial charge is 0.161 e. The summed E-state index contributed by atoms with van der Waals surface area (Å²) in [4.78, 5) is 2.65. The van der Waals surface area contributed by atoms with Gasteiger partial charge in [-0.1, -0.05) is 18.2 Å². The quantitative estimate of drug-likeness (QED) is 0.741. The molecule has 148 valence electrons. The number of benzene rings is 2. The van der Waals surface area contributed by atoms with Crippen molar-refractivity contribution in [1.82, 2.24) is 4.90 Å². The first-order chi connectivity index (χ1) is 13.6. The van der Waals surface area contributed by atoms with E-state index in [1.54, 1.807) is 21.3 Å². The Morgan fingerprint density at radius 1 is 0.821 bits per heavy atom. The second-order valence-electron chi connectivity index (χ2n) is 7.95. The molecule has 4 rings (SSSR count). The van der Waals surface area contributed by atoms with Crippen molar-refractivity contribution >= 4 is 11.1 Å². The number of hydrogen-bond acceptors (Lipinski definition) is 4. The fraction of sp³-hybridized carbons (Fsp3) is 0.417. The van der Waals surface area contributed by atoms with Crippen LogP contribution in [0.1, 0.15) is 37.3 Å². The van der Waals surface area contributed by atoms with Crippen molar-refractivity contribution in [1.29, 1.82) is 0 Å². The second kappa shape index (κ2) is 7.51. The lowest BCUT2D eigenvalue weighted by molar-refractivity contribution is 0.175. The zero-order valence-corrected chi connectivity index (χ0v) is 17.2. The molecule has 2 aromatic carbocycles. The molecule has 2 aliphatic heterocycles. The van der Waals surface area contributed by atoms with Gasteiger partial charge < -0.3 is 14.2 Å². The summed E-state index contributed by atoms with van der Waals surface area (Å²) in [5.41, 5.74) is 5.52. The van der Waals surface area contributed by atoms with E-state index in [1.807, 2.05) is 18.2 Å². The molecule has 0 radical (unpaired) electrons. The van der Waals surface area contributed by atoms with Crippen LogP contribution in [0, 0.1) is 0 Å². The molecule has 0 unspecified atom stereocenters. The van der Waals surface area contributed by atoms with Crippen molar-refractivity contribution in [3.05, 3.63) is 53.6 Å². The number of hydrogen-bond donors (Lipinski definition) is 0. The highest BCUT2D eigenvalue weighted by Gasteiger charge is 2.41. The Balaban J connectivity index is 1.84. The van der Waals surface area contributed by atoms with Crippen molar-refractivity contribution in [3.8, 4) is 17.2 Å². The van der Waals surface area contributed by atoms with Gasteiger partial charge in [0.25, 0.3) is 0 Å². The Kier molecular flexibility index (Phi) is 5.07. The van der Waals surface area contributed by atoms with Crippen LogP contribution in [0.5, 0.6) is 17.2 Å². The zero-order valence-electron chi connectivity index (χ0n) is 17.2. The van der Waals surface area contributed by atoms with Crippen LogP contribution in [0.2, 0.25) is 0 Å². The third-order valence-corrected chi connectivity index (χ3v) is 6.35. The Hall–Kier alpha value is -2.46. The Morgan fingerprint density at radius 3 is 2.21 bits per heavy atom. The predicted octanol–water partition coefficient (Wildman–Crippen LogP) is 4.88. The highest BCUT2D eigenvalue weighted by molar-refractivity contribution is 5.93. The molecule has 4 heteroatoms. The van der Waals surface area contributed by atoms with E-state index < -0.39 is 0 Å². The molecule has 1 saturated heterocycles. The highest BCUT2D eigenvalue weighted by atomic mass is 16.5. The SMILES string of the molecule is COc1ccc(C2=C(c3ccc(OC)c(OC)c3)C[C@@]3(C)CCCN3C2)cc1. The molecule has 2 heterocycles. The Morgan fingerprint density at radius 2 is 1.54 bits per heavy atom. The maximum Gasteiger partial charge on any atom is 0.161 e. The normalized spacial score (nSPS) is 22.1. The zero-order chi connectivity index (χ0) is 19.7. The lowest BCUT2D eigenvalue weighted by atomic mass is 9.79. The molecule has 1 fully saturated rings. The molecule has 28 heavy (non-hydrogen) atoms. The summed E-state index contributed by atoms with van der Waals surface area (Å²) in [5.74, 6) is 2.43. The van der Waals surface area contributed by atoms with Gasteiger partial charge in [-0.25, -0.2) is 0 Å². The van der Waals surface area contributed by atoms with Crippen molar-refractivity contribution in [3.63, 3.8) is 0 Å². The summed E-state index contributed by atoms with van der Waals surface area (Å²) in [6.07, 6.45) is 3.56. The van der Waals surface area contributed by atoms with Gasteiger partial charge in [0.2, 0.25) is 0 Å². The lowest BCUT2D eigenvalue weighted by Gasteiger charge is -2.42. The van der Waals surface area contributed by atoms with Crippen molar-refractivity contribution in [2.75, 3.05) is 34.4 Å². The minimum atomic E-state index is 0.235. The Labute approximate surface area is 167 Å². The molecule has 2 aliphatic rings. The highest BCUT2D eigenvalue weighted by Crippen LogP contribution is 2.46. The number of nitrogens with zero attached hydrogens (tertiary/aromatic N) is 1. The maximum absolute atomic E-state index is 5.58. The molecule has 0 spiro atoms. The van der Waals surface area contributed by atoms with Gasteiger partial charge in [0.05, 0.1) is 21.3 Å². The van der Waals surface area contributed by atoms with Crippen LogP contribution in [-0.2, 0) is 0 Å². The average Bonchev–Trinajstić information content (AvgIpc) is 3.12. The molecular weight excluding hydrogens is 350 g/mol. The fourth-order valence-corrected chi connectivity index (χ4v) is 4.68. The van der Waals surface area contributed by atoms with Gasteiger partial charge in [-0.3, -0.25) is 4.90 Å². The predicted molar refractivity (Wildman–Crippen MR) is 113 cm³/mol. The monoisotopic (exact) mass is 379 g/mol. The number of fused-ring (bicyclic) bond motifs is 1. The van der Waals surface area contributed by atoms with Crippen LogP contribution in [-0.4, -0.2) is 44.9 Å². The summed E-state index contributed by atoms with van der Waals surface area (Å²) in [5, 5.41) is 0. The molecule has 0 N–H and O–H groups in total. The van der Waals surface area contributed by atoms with Crippen LogP contribution in [0.15, 0.2) is 42.5 Å². The molecule has 0 aromatic heterocycles. The van der Waals surface area contributed by atoms with Crippen LogP contribution in [0.3, 0.4) is 0 Å². The minimum absolute atomic E-state index is 0.235. The standard InChI is InChI=1S/C24H29NO3/c1-24-12-5-13-25(24)16-21(17-6-9-19(26-2)10-7-17)20(15-24)18-8-11-22(27-3)23(14-18)28-4/h6-11,14H,5,12-13,15-16H2,1-4H3/t24-/m1/s1. The van der Waals surface area contributed by atoms with Gasteiger partial charge in [0.1, 0.15) is 5.75 Å². The summed E-state index contributed by atoms with van der Waals surface area (Å²) in [6.45, 7) is 4.56. The van der Waals surface area contributed by atoms with Crippen LogP contribution < -0.4 is 14.2 Å². The van der Waals surface area contributed by atoms with E-state index >= 15 is 0 Å². The lowest BCUT2D eigenvalue weighted by Crippen LogP contribution is -2.45. The maximum atomic E-state index is 5.58. The van der Waals surface area contributed by atoms with E-state index in [4.69, 9.17) is 14.2 Å². The number of rotatable bonds is 5. The fourth-order valence-electron chi connectivity index (χ4n) is 4.68. The van der Waals surface area contributed by atoms with E-state index in [1.165, 1.54) is 41.7 Å². The molecule has 0 saturated carbocycles. The van der Waals surface area contributed by atoms with Crippen molar-refractivity contribution < 1.29 is 14.2 Å². The van der Waals surface area contributed by atoms with E-state index in [0.717, 1.165) is 30.2 Å². The van der Waals surface area contributed by atoms with Gasteiger partial charge in [-0.05, 0) is 79.3 Å². The average molecular weight is 380 g/mol. The van der Waals surface area contributed by atoms with Crippen LogP contribution >= 0.6 is 0 Å². The largest absolute Gasteiger partial charge is 0.497 e. The molecular formula is C24H29NO3. The van der Waals surface area contributed by atoms with Gasteiger partial charge in [-0.15, -0.1) is 0 Å². The first-order valence-corrected chi connectivity index (χ1v) is 9.92. The van der Waals surface area contributed by atoms with E-state index in [0.29, 0.717) is 0 Å². The van der Waals surface area contributed by atoms with Crippen molar-refractivity contribution in [2.24, 2.45) is 0 Å². The molecule has 0 aliphatic carbocycles. The van der Waals surface area contributed by atoms with Crippen molar-refractivity contribution in [2.45, 2.75) is 31.7 Å². The summed E-state index contributed by atoms with van der Waals surface area (Å²) < 4.78 is 16.4. The van der Waals surface area contributed by atoms with Gasteiger partial charge >= 0.3 is 0 Å². The Bertz CT molecular complexity index is 887. The van der Waals surface area contributed by atoms with Gasteiger partial charge in [0, 0.05) is 12.1 Å². The number of methoxy groups -OCH3 is 3. The molecule has 4 nitrogen and oxygen atoms in total. The molecule has 2 aromatic rings. The van der Waals surface area contributed by atoms with E-state index in [9.17, 15) is 0 Å². The van der Waals surface area contributed by atoms with Gasteiger partial charge in [-0.2, -0.15) is 0 Å². The summed E-state index contributed by atoms with van der Waals surface area (Å²) in [6, 6.07) is 14.7.